The first-order valence-electron chi connectivity index (χ1n) is 3.98. The minimum Gasteiger partial charge on any atom is -0.398 e. The Bertz CT molecular complexity index is 325. The molecule has 0 unspecified atom stereocenters. The predicted octanol–water partition coefficient (Wildman–Crippen LogP) is 1.78. The molecule has 3 nitrogen and oxygen atoms in total. The lowest BCUT2D eigenvalue weighted by molar-refractivity contribution is 0.0956. The normalized spacial score (nSPS) is 9.69. The van der Waals surface area contributed by atoms with Crippen LogP contribution in [0, 0.1) is 0 Å². The summed E-state index contributed by atoms with van der Waals surface area (Å²) in [6, 6.07) is 5.11. The summed E-state index contributed by atoms with van der Waals surface area (Å²) in [5.74, 6) is -0.0804. The van der Waals surface area contributed by atoms with E-state index in [1.54, 1.807) is 18.2 Å². The lowest BCUT2D eigenvalue weighted by atomic mass is 10.2. The van der Waals surface area contributed by atoms with Gasteiger partial charge < -0.3 is 11.1 Å². The summed E-state index contributed by atoms with van der Waals surface area (Å²) in [6.45, 7) is 2.51. The zero-order valence-corrected chi connectivity index (χ0v) is 8.89. The van der Waals surface area contributed by atoms with Gasteiger partial charge in [0, 0.05) is 22.3 Å². The summed E-state index contributed by atoms with van der Waals surface area (Å²) >= 11 is 3.26. The molecule has 1 amide bonds. The number of carbonyl (C=O) groups is 1. The van der Waals surface area contributed by atoms with Gasteiger partial charge in [0.05, 0.1) is 0 Å². The predicted molar refractivity (Wildman–Crippen MR) is 56.6 cm³/mol. The average Bonchev–Trinajstić information content (AvgIpc) is 2.10. The van der Waals surface area contributed by atoms with Crippen LogP contribution in [0.15, 0.2) is 22.7 Å². The molecule has 13 heavy (non-hydrogen) atoms. The van der Waals surface area contributed by atoms with Crippen molar-refractivity contribution >= 4 is 27.5 Å². The molecule has 0 aliphatic rings. The SMILES string of the molecule is CCNC(=O)c1ccc(N)c(Br)c1. The van der Waals surface area contributed by atoms with Gasteiger partial charge in [0.15, 0.2) is 0 Å². The van der Waals surface area contributed by atoms with Crippen molar-refractivity contribution in [2.75, 3.05) is 12.3 Å². The summed E-state index contributed by atoms with van der Waals surface area (Å²) in [5, 5.41) is 2.71. The van der Waals surface area contributed by atoms with Crippen LogP contribution in [0.1, 0.15) is 17.3 Å². The second kappa shape index (κ2) is 4.28. The van der Waals surface area contributed by atoms with Crippen LogP contribution in [0.2, 0.25) is 0 Å². The van der Waals surface area contributed by atoms with Crippen molar-refractivity contribution < 1.29 is 4.79 Å². The smallest absolute Gasteiger partial charge is 0.251 e. The van der Waals surface area contributed by atoms with Gasteiger partial charge in [-0.2, -0.15) is 0 Å². The van der Waals surface area contributed by atoms with Crippen LogP contribution in [0.3, 0.4) is 0 Å². The van der Waals surface area contributed by atoms with E-state index in [1.807, 2.05) is 6.92 Å². The average molecular weight is 243 g/mol. The van der Waals surface area contributed by atoms with E-state index in [0.29, 0.717) is 17.8 Å². The van der Waals surface area contributed by atoms with Crippen molar-refractivity contribution in [2.24, 2.45) is 0 Å². The van der Waals surface area contributed by atoms with Crippen LogP contribution in [-0.2, 0) is 0 Å². The Kier molecular flexibility index (Phi) is 3.31. The first kappa shape index (κ1) is 10.1. The third-order valence-electron chi connectivity index (χ3n) is 1.60. The molecule has 0 aliphatic carbocycles. The van der Waals surface area contributed by atoms with Gasteiger partial charge in [-0.25, -0.2) is 0 Å². The molecule has 1 rings (SSSR count). The van der Waals surface area contributed by atoms with E-state index in [2.05, 4.69) is 21.2 Å². The van der Waals surface area contributed by atoms with E-state index in [4.69, 9.17) is 5.73 Å². The Morgan fingerprint density at radius 1 is 1.62 bits per heavy atom. The zero-order chi connectivity index (χ0) is 9.84. The molecular weight excluding hydrogens is 232 g/mol. The molecule has 0 aliphatic heterocycles. The second-order valence-electron chi connectivity index (χ2n) is 2.60. The molecule has 4 heteroatoms. The summed E-state index contributed by atoms with van der Waals surface area (Å²) < 4.78 is 0.747. The molecule has 0 fully saturated rings. The molecule has 0 saturated heterocycles. The molecule has 1 aromatic carbocycles. The lowest BCUT2D eigenvalue weighted by Crippen LogP contribution is -2.22. The van der Waals surface area contributed by atoms with E-state index >= 15 is 0 Å². The number of nitrogen functional groups attached to an aromatic ring is 1. The molecule has 0 spiro atoms. The maximum Gasteiger partial charge on any atom is 0.251 e. The maximum absolute atomic E-state index is 11.3. The number of carbonyl (C=O) groups excluding carboxylic acids is 1. The van der Waals surface area contributed by atoms with Gasteiger partial charge in [0.25, 0.3) is 5.91 Å². The molecule has 1 aromatic rings. The highest BCUT2D eigenvalue weighted by Crippen LogP contribution is 2.20. The van der Waals surface area contributed by atoms with E-state index in [9.17, 15) is 4.79 Å². The van der Waals surface area contributed by atoms with E-state index < -0.39 is 0 Å². The minimum atomic E-state index is -0.0804. The van der Waals surface area contributed by atoms with Crippen molar-refractivity contribution in [3.8, 4) is 0 Å². The Morgan fingerprint density at radius 2 is 2.31 bits per heavy atom. The lowest BCUT2D eigenvalue weighted by Gasteiger charge is -2.03. The number of hydrogen-bond acceptors (Lipinski definition) is 2. The maximum atomic E-state index is 11.3. The van der Waals surface area contributed by atoms with Crippen LogP contribution < -0.4 is 11.1 Å². The standard InChI is InChI=1S/C9H11BrN2O/c1-2-12-9(13)6-3-4-8(11)7(10)5-6/h3-5H,2,11H2,1H3,(H,12,13). The number of nitrogens with two attached hydrogens (primary N) is 1. The van der Waals surface area contributed by atoms with Crippen molar-refractivity contribution in [1.29, 1.82) is 0 Å². The van der Waals surface area contributed by atoms with Crippen molar-refractivity contribution in [2.45, 2.75) is 6.92 Å². The number of nitrogens with one attached hydrogen (secondary N) is 1. The highest BCUT2D eigenvalue weighted by atomic mass is 79.9. The zero-order valence-electron chi connectivity index (χ0n) is 7.30. The first-order chi connectivity index (χ1) is 6.15. The number of amides is 1. The van der Waals surface area contributed by atoms with Gasteiger partial charge in [-0.1, -0.05) is 0 Å². The number of halogens is 1. The third-order valence-corrected chi connectivity index (χ3v) is 2.29. The molecule has 0 heterocycles. The van der Waals surface area contributed by atoms with Crippen molar-refractivity contribution in [3.05, 3.63) is 28.2 Å². The number of hydrogen-bond donors (Lipinski definition) is 2. The monoisotopic (exact) mass is 242 g/mol. The Balaban J connectivity index is 2.90. The van der Waals surface area contributed by atoms with Gasteiger partial charge in [0.1, 0.15) is 0 Å². The summed E-state index contributed by atoms with van der Waals surface area (Å²) in [4.78, 5) is 11.3. The van der Waals surface area contributed by atoms with E-state index in [-0.39, 0.29) is 5.91 Å². The molecule has 70 valence electrons. The molecular formula is C9H11BrN2O. The van der Waals surface area contributed by atoms with Crippen molar-refractivity contribution in [1.82, 2.24) is 5.32 Å². The Morgan fingerprint density at radius 3 is 2.85 bits per heavy atom. The molecule has 0 bridgehead atoms. The second-order valence-corrected chi connectivity index (χ2v) is 3.45. The number of rotatable bonds is 2. The molecule has 0 saturated carbocycles. The van der Waals surface area contributed by atoms with Crippen LogP contribution in [0.4, 0.5) is 5.69 Å². The minimum absolute atomic E-state index is 0.0804. The fourth-order valence-corrected chi connectivity index (χ4v) is 1.31. The molecule has 0 atom stereocenters. The molecule has 3 N–H and O–H groups in total. The van der Waals surface area contributed by atoms with E-state index in [0.717, 1.165) is 4.47 Å². The first-order valence-corrected chi connectivity index (χ1v) is 4.77. The fraction of sp³-hybridized carbons (Fsp3) is 0.222. The van der Waals surface area contributed by atoms with Crippen LogP contribution in [0.25, 0.3) is 0 Å². The van der Waals surface area contributed by atoms with Crippen LogP contribution in [0.5, 0.6) is 0 Å². The third kappa shape index (κ3) is 2.45. The fourth-order valence-electron chi connectivity index (χ4n) is 0.931. The topological polar surface area (TPSA) is 55.1 Å². The summed E-state index contributed by atoms with van der Waals surface area (Å²) in [5.41, 5.74) is 6.83. The Hall–Kier alpha value is -1.03. The number of anilines is 1. The number of benzene rings is 1. The van der Waals surface area contributed by atoms with E-state index in [1.165, 1.54) is 0 Å². The molecule has 0 radical (unpaired) electrons. The summed E-state index contributed by atoms with van der Waals surface area (Å²) in [6.07, 6.45) is 0. The van der Waals surface area contributed by atoms with Gasteiger partial charge in [0.2, 0.25) is 0 Å². The van der Waals surface area contributed by atoms with Crippen LogP contribution in [-0.4, -0.2) is 12.5 Å². The largest absolute Gasteiger partial charge is 0.398 e. The van der Waals surface area contributed by atoms with Gasteiger partial charge in [-0.05, 0) is 41.1 Å². The van der Waals surface area contributed by atoms with Crippen molar-refractivity contribution in [3.63, 3.8) is 0 Å². The van der Waals surface area contributed by atoms with Gasteiger partial charge in [-0.3, -0.25) is 4.79 Å². The highest BCUT2D eigenvalue weighted by molar-refractivity contribution is 9.10. The van der Waals surface area contributed by atoms with Gasteiger partial charge in [-0.15, -0.1) is 0 Å². The quantitative estimate of drug-likeness (QED) is 0.778. The summed E-state index contributed by atoms with van der Waals surface area (Å²) in [7, 11) is 0. The van der Waals surface area contributed by atoms with Gasteiger partial charge >= 0.3 is 0 Å². The molecule has 0 aromatic heterocycles. The Labute approximate surface area is 85.4 Å². The van der Waals surface area contributed by atoms with Crippen LogP contribution >= 0.6 is 15.9 Å². The highest BCUT2D eigenvalue weighted by Gasteiger charge is 2.05.